The van der Waals surface area contributed by atoms with Crippen molar-refractivity contribution in [2.75, 3.05) is 0 Å². The van der Waals surface area contributed by atoms with Gasteiger partial charge in [-0.05, 0) is 73.3 Å². The van der Waals surface area contributed by atoms with Crippen LogP contribution in [0.1, 0.15) is 99.2 Å². The summed E-state index contributed by atoms with van der Waals surface area (Å²) in [6.07, 6.45) is 9.89. The molecule has 8 heteroatoms. The Morgan fingerprint density at radius 2 is 1.77 bits per heavy atom. The van der Waals surface area contributed by atoms with Crippen molar-refractivity contribution < 1.29 is 24.0 Å². The molecule has 8 atom stereocenters. The summed E-state index contributed by atoms with van der Waals surface area (Å²) >= 11 is 0. The molecule has 0 spiro atoms. The molecule has 8 nitrogen and oxygen atoms in total. The summed E-state index contributed by atoms with van der Waals surface area (Å²) in [5.74, 6) is -0.443. The lowest BCUT2D eigenvalue weighted by Gasteiger charge is -2.71. The van der Waals surface area contributed by atoms with Crippen molar-refractivity contribution in [1.29, 1.82) is 5.26 Å². The number of allylic oxidation sites excluding steroid dienone is 3. The van der Waals surface area contributed by atoms with Crippen LogP contribution in [0.25, 0.3) is 0 Å². The van der Waals surface area contributed by atoms with Gasteiger partial charge in [0.2, 0.25) is 5.91 Å². The summed E-state index contributed by atoms with van der Waals surface area (Å²) in [7, 11) is 0. The number of rotatable bonds is 3. The van der Waals surface area contributed by atoms with Gasteiger partial charge in [-0.1, -0.05) is 59.7 Å². The minimum atomic E-state index is -1.66. The third kappa shape index (κ3) is 3.64. The van der Waals surface area contributed by atoms with Crippen LogP contribution in [-0.4, -0.2) is 33.3 Å². The molecule has 1 heterocycles. The fourth-order valence-corrected chi connectivity index (χ4v) is 10.7. The van der Waals surface area contributed by atoms with Crippen molar-refractivity contribution in [2.24, 2.45) is 44.3 Å². The van der Waals surface area contributed by atoms with Crippen molar-refractivity contribution in [3.63, 3.8) is 0 Å². The number of nitrogens with zero attached hydrogens (tertiary/aromatic N) is 2. The first-order valence-corrected chi connectivity index (χ1v) is 15.8. The lowest BCUT2D eigenvalue weighted by molar-refractivity contribution is -0.242. The van der Waals surface area contributed by atoms with Gasteiger partial charge in [0.25, 0.3) is 0 Å². The first-order valence-electron chi connectivity index (χ1n) is 15.8. The SMILES string of the molecule is CC1(C)C(=O)C(C#N)=C[C@]2(C)C3=CC(=O)[C@]4(O)[C@@H]5C[C@@](C)(C(=O)NCc6ccno6)CC[C@]5(C)CC[C@@]4(C)[C@]3(C)CC[C@@H]12. The predicted octanol–water partition coefficient (Wildman–Crippen LogP) is 5.63. The van der Waals surface area contributed by atoms with Crippen molar-refractivity contribution in [1.82, 2.24) is 10.5 Å². The monoisotopic (exact) mass is 587 g/mol. The van der Waals surface area contributed by atoms with Crippen LogP contribution < -0.4 is 5.32 Å². The minimum absolute atomic E-state index is 0.0635. The number of carbonyl (C=O) groups excluding carboxylic acids is 3. The van der Waals surface area contributed by atoms with E-state index in [1.165, 1.54) is 0 Å². The van der Waals surface area contributed by atoms with Gasteiger partial charge in [0.1, 0.15) is 11.7 Å². The van der Waals surface area contributed by atoms with Gasteiger partial charge in [-0.2, -0.15) is 5.26 Å². The third-order valence-electron chi connectivity index (χ3n) is 13.7. The Hall–Kier alpha value is -3.05. The third-order valence-corrected chi connectivity index (χ3v) is 13.7. The zero-order valence-corrected chi connectivity index (χ0v) is 26.6. The van der Waals surface area contributed by atoms with E-state index in [2.05, 4.69) is 44.2 Å². The molecule has 5 aliphatic rings. The fraction of sp³-hybridized carbons (Fsp3) is 0.686. The first-order chi connectivity index (χ1) is 19.9. The lowest BCUT2D eigenvalue weighted by Crippen LogP contribution is -2.74. The number of ketones is 2. The van der Waals surface area contributed by atoms with E-state index in [4.69, 9.17) is 4.52 Å². The molecule has 43 heavy (non-hydrogen) atoms. The Kier molecular flexibility index (Phi) is 6.28. The Balaban J connectivity index is 1.43. The Labute approximate surface area is 254 Å². The van der Waals surface area contributed by atoms with Gasteiger partial charge in [-0.15, -0.1) is 0 Å². The molecule has 3 fully saturated rings. The highest BCUT2D eigenvalue weighted by Gasteiger charge is 2.75. The number of Topliss-reactive ketones (excluding diaryl/α,β-unsaturated/α-hetero) is 1. The van der Waals surface area contributed by atoms with E-state index in [1.54, 1.807) is 18.3 Å². The maximum absolute atomic E-state index is 14.6. The van der Waals surface area contributed by atoms with Crippen molar-refractivity contribution in [3.05, 3.63) is 41.3 Å². The Morgan fingerprint density at radius 1 is 1.07 bits per heavy atom. The molecule has 0 saturated heterocycles. The topological polar surface area (TPSA) is 133 Å². The maximum atomic E-state index is 14.6. The first kappa shape index (κ1) is 30.0. The van der Waals surface area contributed by atoms with Crippen molar-refractivity contribution >= 4 is 17.5 Å². The van der Waals surface area contributed by atoms with E-state index >= 15 is 0 Å². The quantitative estimate of drug-likeness (QED) is 0.469. The van der Waals surface area contributed by atoms with E-state index in [9.17, 15) is 24.8 Å². The molecular weight excluding hydrogens is 542 g/mol. The van der Waals surface area contributed by atoms with Crippen LogP contribution in [0.5, 0.6) is 0 Å². The van der Waals surface area contributed by atoms with Gasteiger partial charge in [0.15, 0.2) is 17.3 Å². The Bertz CT molecular complexity index is 1520. The van der Waals surface area contributed by atoms with Gasteiger partial charge >= 0.3 is 0 Å². The molecule has 1 aromatic rings. The van der Waals surface area contributed by atoms with Gasteiger partial charge in [0, 0.05) is 33.6 Å². The summed E-state index contributed by atoms with van der Waals surface area (Å²) in [5, 5.41) is 29.7. The molecule has 5 aliphatic carbocycles. The van der Waals surface area contributed by atoms with Crippen LogP contribution in [0.4, 0.5) is 0 Å². The molecule has 0 aliphatic heterocycles. The number of aromatic nitrogens is 1. The smallest absolute Gasteiger partial charge is 0.226 e. The van der Waals surface area contributed by atoms with E-state index in [-0.39, 0.29) is 40.9 Å². The summed E-state index contributed by atoms with van der Waals surface area (Å²) < 4.78 is 5.16. The van der Waals surface area contributed by atoms with Gasteiger partial charge in [-0.3, -0.25) is 14.4 Å². The standard InChI is InChI=1S/C35H45N3O5/c1-29(2)23-8-10-33(6)24(32(23,5)17-21(19-36)27(29)40)16-26(39)35(42)25-18-31(4,28(41)37-20-22-9-15-38-43-22)12-11-30(25,3)13-14-34(33,35)7/h9,15-17,23,25,42H,8,10-14,18,20H2,1-7H3,(H,37,41)/t23-,25+,30+,31-,32-,33+,34-,35+/m0/s1. The van der Waals surface area contributed by atoms with E-state index < -0.39 is 38.6 Å². The number of carbonyl (C=O) groups is 3. The maximum Gasteiger partial charge on any atom is 0.226 e. The van der Waals surface area contributed by atoms with Crippen LogP contribution in [-0.2, 0) is 20.9 Å². The van der Waals surface area contributed by atoms with Crippen LogP contribution >= 0.6 is 0 Å². The van der Waals surface area contributed by atoms with E-state index in [0.717, 1.165) is 31.3 Å². The number of hydrogen-bond acceptors (Lipinski definition) is 7. The summed E-state index contributed by atoms with van der Waals surface area (Å²) in [6, 6.07) is 3.86. The highest BCUT2D eigenvalue weighted by Crippen LogP contribution is 2.75. The highest BCUT2D eigenvalue weighted by atomic mass is 16.5. The normalized spacial score (nSPS) is 44.9. The van der Waals surface area contributed by atoms with Crippen molar-refractivity contribution in [3.8, 4) is 6.07 Å². The zero-order chi connectivity index (χ0) is 31.4. The summed E-state index contributed by atoms with van der Waals surface area (Å²) in [6.45, 7) is 14.6. The number of nitrogens with one attached hydrogen (secondary N) is 1. The second-order valence-electron chi connectivity index (χ2n) is 16.1. The molecule has 0 bridgehead atoms. The Morgan fingerprint density at radius 3 is 2.42 bits per heavy atom. The highest BCUT2D eigenvalue weighted by molar-refractivity contribution is 6.05. The number of hydrogen-bond donors (Lipinski definition) is 2. The molecule has 0 aromatic carbocycles. The lowest BCUT2D eigenvalue weighted by atomic mass is 9.33. The molecule has 0 unspecified atom stereocenters. The summed E-state index contributed by atoms with van der Waals surface area (Å²) in [4.78, 5) is 41.5. The van der Waals surface area contributed by atoms with Gasteiger partial charge < -0.3 is 14.9 Å². The predicted molar refractivity (Wildman–Crippen MR) is 159 cm³/mol. The largest absolute Gasteiger partial charge is 0.381 e. The van der Waals surface area contributed by atoms with Gasteiger partial charge in [-0.25, -0.2) is 0 Å². The number of fused-ring (bicyclic) bond motifs is 7. The molecule has 2 N–H and O–H groups in total. The average molecular weight is 588 g/mol. The number of nitriles is 1. The van der Waals surface area contributed by atoms with Crippen LogP contribution in [0.15, 0.2) is 40.1 Å². The number of aliphatic hydroxyl groups is 1. The second kappa shape index (κ2) is 9.00. The van der Waals surface area contributed by atoms with E-state index in [1.807, 2.05) is 26.8 Å². The summed E-state index contributed by atoms with van der Waals surface area (Å²) in [5.41, 5.74) is -4.36. The molecular formula is C35H45N3O5. The van der Waals surface area contributed by atoms with Crippen LogP contribution in [0, 0.1) is 55.7 Å². The molecule has 1 aromatic heterocycles. The van der Waals surface area contributed by atoms with Crippen LogP contribution in [0.2, 0.25) is 0 Å². The van der Waals surface area contributed by atoms with Crippen LogP contribution in [0.3, 0.4) is 0 Å². The van der Waals surface area contributed by atoms with E-state index in [0.29, 0.717) is 25.0 Å². The fourth-order valence-electron chi connectivity index (χ4n) is 10.7. The zero-order valence-electron chi connectivity index (χ0n) is 26.6. The molecule has 0 radical (unpaired) electrons. The minimum Gasteiger partial charge on any atom is -0.381 e. The van der Waals surface area contributed by atoms with Crippen molar-refractivity contribution in [2.45, 2.75) is 106 Å². The average Bonchev–Trinajstić information content (AvgIpc) is 3.48. The number of amides is 1. The second-order valence-corrected chi connectivity index (χ2v) is 16.1. The molecule has 6 rings (SSSR count). The molecule has 230 valence electrons. The molecule has 1 amide bonds. The molecule has 3 saturated carbocycles. The van der Waals surface area contributed by atoms with Gasteiger partial charge in [0.05, 0.1) is 18.3 Å².